The van der Waals surface area contributed by atoms with Crippen molar-refractivity contribution in [2.45, 2.75) is 65.5 Å². The topological polar surface area (TPSA) is 99.0 Å². The van der Waals surface area contributed by atoms with Gasteiger partial charge in [0, 0.05) is 22.9 Å². The molecule has 8 nitrogen and oxygen atoms in total. The molecule has 8 heteroatoms. The summed E-state index contributed by atoms with van der Waals surface area (Å²) >= 11 is 0. The number of nitro groups is 1. The lowest BCUT2D eigenvalue weighted by Gasteiger charge is -2.43. The fourth-order valence-corrected chi connectivity index (χ4v) is 3.16. The summed E-state index contributed by atoms with van der Waals surface area (Å²) < 4.78 is 10.3. The number of nitrogens with zero attached hydrogens (tertiary/aromatic N) is 2. The fraction of sp³-hybridized carbons (Fsp3) is 0.875. The van der Waals surface area contributed by atoms with Gasteiger partial charge in [0.1, 0.15) is 5.60 Å². The number of ether oxygens (including phenoxy) is 2. The zero-order chi connectivity index (χ0) is 18.5. The smallest absolute Gasteiger partial charge is 0.410 e. The number of piperidine rings is 1. The van der Waals surface area contributed by atoms with Gasteiger partial charge in [-0.15, -0.1) is 0 Å². The Labute approximate surface area is 142 Å². The molecule has 1 aliphatic rings. The van der Waals surface area contributed by atoms with Crippen molar-refractivity contribution in [1.82, 2.24) is 4.90 Å². The molecular weight excluding hydrogens is 316 g/mol. The van der Waals surface area contributed by atoms with Crippen molar-refractivity contribution in [2.75, 3.05) is 19.7 Å². The molecule has 0 aromatic rings. The van der Waals surface area contributed by atoms with E-state index in [0.29, 0.717) is 19.4 Å². The van der Waals surface area contributed by atoms with Crippen LogP contribution in [-0.2, 0) is 14.3 Å². The van der Waals surface area contributed by atoms with Crippen molar-refractivity contribution in [3.63, 3.8) is 0 Å². The molecule has 1 amide bonds. The third kappa shape index (κ3) is 5.98. The first-order valence-corrected chi connectivity index (χ1v) is 8.25. The van der Waals surface area contributed by atoms with Crippen LogP contribution in [0.2, 0.25) is 0 Å². The molecular formula is C16H28N2O6. The van der Waals surface area contributed by atoms with Crippen LogP contribution in [0.3, 0.4) is 0 Å². The maximum atomic E-state index is 12.3. The predicted octanol–water partition coefficient (Wildman–Crippen LogP) is 2.62. The van der Waals surface area contributed by atoms with Crippen LogP contribution in [0.5, 0.6) is 0 Å². The normalized spacial score (nSPS) is 24.4. The van der Waals surface area contributed by atoms with Gasteiger partial charge in [0.15, 0.2) is 0 Å². The lowest BCUT2D eigenvalue weighted by atomic mass is 9.73. The Hall–Kier alpha value is -1.86. The minimum absolute atomic E-state index is 0.00564. The van der Waals surface area contributed by atoms with E-state index in [2.05, 4.69) is 0 Å². The highest BCUT2D eigenvalue weighted by atomic mass is 16.6. The molecule has 0 radical (unpaired) electrons. The molecule has 0 aromatic heterocycles. The molecule has 0 saturated carbocycles. The average Bonchev–Trinajstić information content (AvgIpc) is 2.35. The molecule has 0 bridgehead atoms. The maximum absolute atomic E-state index is 12.3. The molecule has 2 unspecified atom stereocenters. The zero-order valence-corrected chi connectivity index (χ0v) is 15.2. The van der Waals surface area contributed by atoms with E-state index in [1.165, 1.54) is 0 Å². The predicted molar refractivity (Wildman–Crippen MR) is 87.2 cm³/mol. The van der Waals surface area contributed by atoms with Crippen LogP contribution in [0.15, 0.2) is 0 Å². The Balaban J connectivity index is 2.84. The monoisotopic (exact) mass is 344 g/mol. The van der Waals surface area contributed by atoms with E-state index in [-0.39, 0.29) is 25.6 Å². The summed E-state index contributed by atoms with van der Waals surface area (Å²) in [6.45, 7) is 9.15. The average molecular weight is 344 g/mol. The minimum Gasteiger partial charge on any atom is -0.466 e. The molecule has 1 heterocycles. The van der Waals surface area contributed by atoms with Crippen LogP contribution in [0.1, 0.15) is 53.9 Å². The van der Waals surface area contributed by atoms with E-state index in [4.69, 9.17) is 9.47 Å². The number of likely N-dealkylation sites (tertiary alicyclic amines) is 1. The van der Waals surface area contributed by atoms with Gasteiger partial charge in [-0.1, -0.05) is 0 Å². The zero-order valence-electron chi connectivity index (χ0n) is 15.2. The molecule has 0 spiro atoms. The number of rotatable bonds is 5. The first kappa shape index (κ1) is 20.2. The van der Waals surface area contributed by atoms with Gasteiger partial charge in [0.2, 0.25) is 6.54 Å². The molecule has 138 valence electrons. The molecule has 0 N–H and O–H groups in total. The van der Waals surface area contributed by atoms with Gasteiger partial charge in [-0.2, -0.15) is 0 Å². The van der Waals surface area contributed by atoms with Gasteiger partial charge in [0.25, 0.3) is 0 Å². The summed E-state index contributed by atoms with van der Waals surface area (Å²) in [5.74, 6) is -0.433. The second-order valence-electron chi connectivity index (χ2n) is 7.45. The standard InChI is InChI=1S/C16H28N2O6/c1-6-23-13(19)10-16(11-18(21)22)7-8-17(12(2)9-16)14(20)24-15(3,4)5/h12H,6-11H2,1-5H3. The lowest BCUT2D eigenvalue weighted by Crippen LogP contribution is -2.52. The SMILES string of the molecule is CCOC(=O)CC1(C[N+](=O)[O-])CCN(C(=O)OC(C)(C)C)C(C)C1. The number of amides is 1. The van der Waals surface area contributed by atoms with E-state index in [9.17, 15) is 19.7 Å². The molecule has 1 saturated heterocycles. The maximum Gasteiger partial charge on any atom is 0.410 e. The Bertz CT molecular complexity index is 487. The number of carbonyl (C=O) groups excluding carboxylic acids is 2. The third-order valence-electron chi connectivity index (χ3n) is 4.06. The Morgan fingerprint density at radius 3 is 2.46 bits per heavy atom. The van der Waals surface area contributed by atoms with Crippen LogP contribution in [-0.4, -0.2) is 53.2 Å². The van der Waals surface area contributed by atoms with E-state index in [1.807, 2.05) is 6.92 Å². The van der Waals surface area contributed by atoms with Crippen LogP contribution >= 0.6 is 0 Å². The summed E-state index contributed by atoms with van der Waals surface area (Å²) in [4.78, 5) is 36.4. The Kier molecular flexibility index (Phi) is 6.57. The number of hydrogen-bond acceptors (Lipinski definition) is 6. The van der Waals surface area contributed by atoms with Gasteiger partial charge < -0.3 is 14.4 Å². The summed E-state index contributed by atoms with van der Waals surface area (Å²) in [5.41, 5.74) is -1.38. The molecule has 0 aromatic carbocycles. The quantitative estimate of drug-likeness (QED) is 0.432. The van der Waals surface area contributed by atoms with Gasteiger partial charge >= 0.3 is 12.1 Å². The van der Waals surface area contributed by atoms with Crippen LogP contribution < -0.4 is 0 Å². The van der Waals surface area contributed by atoms with Gasteiger partial charge in [-0.05, 0) is 47.5 Å². The summed E-state index contributed by atoms with van der Waals surface area (Å²) in [6.07, 6.45) is 0.303. The van der Waals surface area contributed by atoms with Crippen molar-refractivity contribution in [3.8, 4) is 0 Å². The van der Waals surface area contributed by atoms with E-state index in [0.717, 1.165) is 0 Å². The molecule has 1 aliphatic heterocycles. The molecule has 1 fully saturated rings. The molecule has 2 atom stereocenters. The van der Waals surface area contributed by atoms with E-state index >= 15 is 0 Å². The Morgan fingerprint density at radius 2 is 2.00 bits per heavy atom. The van der Waals surface area contributed by atoms with Gasteiger partial charge in [0.05, 0.1) is 13.0 Å². The van der Waals surface area contributed by atoms with Crippen LogP contribution in [0.25, 0.3) is 0 Å². The second-order valence-corrected chi connectivity index (χ2v) is 7.45. The van der Waals surface area contributed by atoms with Crippen molar-refractivity contribution in [1.29, 1.82) is 0 Å². The van der Waals surface area contributed by atoms with Crippen molar-refractivity contribution in [3.05, 3.63) is 10.1 Å². The fourth-order valence-electron chi connectivity index (χ4n) is 3.16. The van der Waals surface area contributed by atoms with Gasteiger partial charge in [-0.25, -0.2) is 4.79 Å². The van der Waals surface area contributed by atoms with E-state index in [1.54, 1.807) is 32.6 Å². The minimum atomic E-state index is -0.784. The van der Waals surface area contributed by atoms with Crippen LogP contribution in [0.4, 0.5) is 4.79 Å². The first-order chi connectivity index (χ1) is 11.0. The highest BCUT2D eigenvalue weighted by molar-refractivity contribution is 5.71. The Morgan fingerprint density at radius 1 is 1.38 bits per heavy atom. The first-order valence-electron chi connectivity index (χ1n) is 8.25. The number of carbonyl (C=O) groups is 2. The number of esters is 1. The largest absolute Gasteiger partial charge is 0.466 e. The van der Waals surface area contributed by atoms with Crippen molar-refractivity contribution >= 4 is 12.1 Å². The van der Waals surface area contributed by atoms with Crippen molar-refractivity contribution in [2.24, 2.45) is 5.41 Å². The highest BCUT2D eigenvalue weighted by Gasteiger charge is 2.45. The third-order valence-corrected chi connectivity index (χ3v) is 4.06. The van der Waals surface area contributed by atoms with Gasteiger partial charge in [-0.3, -0.25) is 14.9 Å². The van der Waals surface area contributed by atoms with E-state index < -0.39 is 28.0 Å². The second kappa shape index (κ2) is 7.81. The molecule has 1 rings (SSSR count). The summed E-state index contributed by atoms with van der Waals surface area (Å²) in [6, 6.07) is -0.247. The summed E-state index contributed by atoms with van der Waals surface area (Å²) in [7, 11) is 0. The highest BCUT2D eigenvalue weighted by Crippen LogP contribution is 2.39. The summed E-state index contributed by atoms with van der Waals surface area (Å²) in [5, 5.41) is 11.1. The van der Waals surface area contributed by atoms with Crippen LogP contribution in [0, 0.1) is 15.5 Å². The lowest BCUT2D eigenvalue weighted by molar-refractivity contribution is -0.499. The number of hydrogen-bond donors (Lipinski definition) is 0. The molecule has 0 aliphatic carbocycles. The molecule has 24 heavy (non-hydrogen) atoms. The van der Waals surface area contributed by atoms with Crippen molar-refractivity contribution < 1.29 is 24.0 Å².